The van der Waals surface area contributed by atoms with Crippen LogP contribution < -0.4 is 0 Å². The summed E-state index contributed by atoms with van der Waals surface area (Å²) in [4.78, 5) is 0. The van der Waals surface area contributed by atoms with Crippen molar-refractivity contribution >= 4 is 0 Å². The first-order chi connectivity index (χ1) is 15.7. The Kier molecular flexibility index (Phi) is 12.1. The lowest BCUT2D eigenvalue weighted by molar-refractivity contribution is -0.164. The number of hydrogen-bond donors (Lipinski definition) is 0. The van der Waals surface area contributed by atoms with Gasteiger partial charge >= 0.3 is 0 Å². The molecule has 0 heterocycles. The van der Waals surface area contributed by atoms with E-state index in [0.29, 0.717) is 6.61 Å². The molecule has 0 bridgehead atoms. The summed E-state index contributed by atoms with van der Waals surface area (Å²) >= 11 is 0. The van der Waals surface area contributed by atoms with Gasteiger partial charge in [-0.05, 0) is 90.9 Å². The minimum Gasteiger partial charge on any atom is -0.375 e. The second-order valence-corrected chi connectivity index (χ2v) is 15.8. The molecule has 36 heavy (non-hydrogen) atoms. The van der Waals surface area contributed by atoms with Crippen LogP contribution in [0, 0.1) is 21.7 Å². The summed E-state index contributed by atoms with van der Waals surface area (Å²) in [5, 5.41) is 0. The zero-order valence-electron chi connectivity index (χ0n) is 27.9. The van der Waals surface area contributed by atoms with Crippen LogP contribution in [0.2, 0.25) is 0 Å². The van der Waals surface area contributed by atoms with Gasteiger partial charge in [-0.2, -0.15) is 0 Å². The van der Waals surface area contributed by atoms with Crippen LogP contribution in [0.1, 0.15) is 144 Å². The van der Waals surface area contributed by atoms with Gasteiger partial charge in [-0.3, -0.25) is 0 Å². The van der Waals surface area contributed by atoms with Gasteiger partial charge in [0.05, 0.1) is 29.5 Å². The Hall–Kier alpha value is -0.380. The molecular formula is C33H66O3. The Balaban J connectivity index is 5.40. The number of ether oxygens (including phenoxy) is 3. The normalized spacial score (nSPS) is 17.8. The fourth-order valence-corrected chi connectivity index (χ4v) is 4.46. The van der Waals surface area contributed by atoms with E-state index in [1.165, 1.54) is 5.57 Å². The summed E-state index contributed by atoms with van der Waals surface area (Å²) in [6, 6.07) is 0. The summed E-state index contributed by atoms with van der Waals surface area (Å²) in [6.45, 7) is 42.1. The van der Waals surface area contributed by atoms with Crippen LogP contribution in [0.3, 0.4) is 0 Å². The van der Waals surface area contributed by atoms with Gasteiger partial charge in [0.15, 0.2) is 0 Å². The van der Waals surface area contributed by atoms with E-state index < -0.39 is 0 Å². The first-order valence-electron chi connectivity index (χ1n) is 14.4. The second-order valence-electron chi connectivity index (χ2n) is 15.8. The van der Waals surface area contributed by atoms with Crippen molar-refractivity contribution in [3.05, 3.63) is 11.6 Å². The molecule has 0 aromatic carbocycles. The Morgan fingerprint density at radius 1 is 0.750 bits per heavy atom. The maximum Gasteiger partial charge on any atom is 0.0717 e. The van der Waals surface area contributed by atoms with Gasteiger partial charge in [0.25, 0.3) is 0 Å². The van der Waals surface area contributed by atoms with Crippen molar-refractivity contribution in [2.75, 3.05) is 13.2 Å². The van der Waals surface area contributed by atoms with Crippen LogP contribution in [0.15, 0.2) is 11.6 Å². The van der Waals surface area contributed by atoms with Crippen LogP contribution >= 0.6 is 0 Å². The van der Waals surface area contributed by atoms with Crippen LogP contribution in [0.4, 0.5) is 0 Å². The van der Waals surface area contributed by atoms with Crippen molar-refractivity contribution in [1.29, 1.82) is 0 Å². The summed E-state index contributed by atoms with van der Waals surface area (Å²) in [5.74, 6) is 0. The lowest BCUT2D eigenvalue weighted by Crippen LogP contribution is -2.49. The maximum atomic E-state index is 6.81. The van der Waals surface area contributed by atoms with E-state index in [9.17, 15) is 0 Å². The van der Waals surface area contributed by atoms with Crippen LogP contribution in [-0.2, 0) is 14.2 Å². The van der Waals surface area contributed by atoms with E-state index in [4.69, 9.17) is 14.2 Å². The van der Waals surface area contributed by atoms with Crippen LogP contribution in [-0.4, -0.2) is 36.1 Å². The van der Waals surface area contributed by atoms with Gasteiger partial charge in [0.2, 0.25) is 0 Å². The van der Waals surface area contributed by atoms with E-state index in [2.05, 4.69) is 131 Å². The molecule has 0 N–H and O–H groups in total. The first kappa shape index (κ1) is 35.6. The highest BCUT2D eigenvalue weighted by Gasteiger charge is 2.45. The molecule has 3 heteroatoms. The van der Waals surface area contributed by atoms with Gasteiger partial charge < -0.3 is 14.2 Å². The van der Waals surface area contributed by atoms with Crippen LogP contribution in [0.25, 0.3) is 0 Å². The molecule has 3 nitrogen and oxygen atoms in total. The third-order valence-electron chi connectivity index (χ3n) is 9.97. The molecule has 0 aliphatic rings. The van der Waals surface area contributed by atoms with Crippen molar-refractivity contribution in [2.45, 2.75) is 167 Å². The fourth-order valence-electron chi connectivity index (χ4n) is 4.46. The van der Waals surface area contributed by atoms with Gasteiger partial charge in [-0.25, -0.2) is 0 Å². The molecule has 0 aliphatic carbocycles. The summed E-state index contributed by atoms with van der Waals surface area (Å²) in [7, 11) is 0. The lowest BCUT2D eigenvalue weighted by atomic mass is 9.67. The van der Waals surface area contributed by atoms with Crippen molar-refractivity contribution in [2.24, 2.45) is 21.7 Å². The fraction of sp³-hybridized carbons (Fsp3) is 0.939. The van der Waals surface area contributed by atoms with Gasteiger partial charge in [-0.15, -0.1) is 0 Å². The first-order valence-corrected chi connectivity index (χ1v) is 14.4. The minimum absolute atomic E-state index is 0.0291. The SMILES string of the molecule is CCC(C)(OCCC(C)(C)C(C)(C)C)C(C)(C)CC(C)OC(C)(C)C(C)(C)/C(C)=C\COC(C)(C)C. The molecule has 0 aromatic heterocycles. The third kappa shape index (κ3) is 9.73. The maximum absolute atomic E-state index is 6.81. The molecule has 0 rings (SSSR count). The molecule has 0 saturated carbocycles. The van der Waals surface area contributed by atoms with Crippen molar-refractivity contribution in [3.8, 4) is 0 Å². The molecule has 0 amide bonds. The molecule has 0 radical (unpaired) electrons. The predicted molar refractivity (Wildman–Crippen MR) is 159 cm³/mol. The average molecular weight is 511 g/mol. The quantitative estimate of drug-likeness (QED) is 0.218. The van der Waals surface area contributed by atoms with E-state index in [1.54, 1.807) is 0 Å². The van der Waals surface area contributed by atoms with Gasteiger partial charge in [0.1, 0.15) is 0 Å². The molecule has 2 unspecified atom stereocenters. The van der Waals surface area contributed by atoms with E-state index in [1.807, 2.05) is 0 Å². The smallest absolute Gasteiger partial charge is 0.0717 e. The lowest BCUT2D eigenvalue weighted by Gasteiger charge is -2.48. The molecular weight excluding hydrogens is 444 g/mol. The summed E-state index contributed by atoms with van der Waals surface area (Å²) < 4.78 is 19.5. The zero-order valence-corrected chi connectivity index (χ0v) is 27.9. The van der Waals surface area contributed by atoms with E-state index in [0.717, 1.165) is 25.9 Å². The van der Waals surface area contributed by atoms with Gasteiger partial charge in [0, 0.05) is 12.0 Å². The third-order valence-corrected chi connectivity index (χ3v) is 9.97. The second kappa shape index (κ2) is 12.2. The van der Waals surface area contributed by atoms with Crippen LogP contribution in [0.5, 0.6) is 0 Å². The minimum atomic E-state index is -0.328. The highest BCUT2D eigenvalue weighted by atomic mass is 16.5. The van der Waals surface area contributed by atoms with Crippen molar-refractivity contribution in [1.82, 2.24) is 0 Å². The van der Waals surface area contributed by atoms with E-state index >= 15 is 0 Å². The molecule has 0 aromatic rings. The zero-order chi connectivity index (χ0) is 29.0. The average Bonchev–Trinajstić information content (AvgIpc) is 2.64. The number of rotatable bonds is 14. The molecule has 0 aliphatic heterocycles. The molecule has 0 spiro atoms. The van der Waals surface area contributed by atoms with E-state index in [-0.39, 0.29) is 44.6 Å². The predicted octanol–water partition coefficient (Wildman–Crippen LogP) is 10.0. The molecule has 216 valence electrons. The molecule has 2 atom stereocenters. The Morgan fingerprint density at radius 2 is 1.25 bits per heavy atom. The topological polar surface area (TPSA) is 27.7 Å². The van der Waals surface area contributed by atoms with Gasteiger partial charge in [-0.1, -0.05) is 80.9 Å². The summed E-state index contributed by atoms with van der Waals surface area (Å²) in [6.07, 6.45) is 5.29. The van der Waals surface area contributed by atoms with Crippen molar-refractivity contribution < 1.29 is 14.2 Å². The monoisotopic (exact) mass is 511 g/mol. The standard InChI is InChI=1S/C33H66O3/c1-19-33(18,35-23-21-29(10,11)27(4,5)6)30(12,13)24-26(3)36-32(16,17)31(14,15)25(2)20-22-34-28(7,8)9/h20,26H,19,21-24H2,1-18H3/b25-20-. The highest BCUT2D eigenvalue weighted by molar-refractivity contribution is 5.15. The number of hydrogen-bond acceptors (Lipinski definition) is 3. The Morgan fingerprint density at radius 3 is 1.67 bits per heavy atom. The molecule has 0 saturated heterocycles. The Labute approximate surface area is 227 Å². The highest BCUT2D eigenvalue weighted by Crippen LogP contribution is 2.46. The molecule has 0 fully saturated rings. The largest absolute Gasteiger partial charge is 0.375 e. The van der Waals surface area contributed by atoms with Crippen molar-refractivity contribution in [3.63, 3.8) is 0 Å². The Bertz CT molecular complexity index is 697. The summed E-state index contributed by atoms with van der Waals surface area (Å²) in [5.41, 5.74) is 0.940.